The molecule has 3 atom stereocenters. The molecule has 3 unspecified atom stereocenters. The van der Waals surface area contributed by atoms with Crippen LogP contribution in [0.1, 0.15) is 51.9 Å². The van der Waals surface area contributed by atoms with E-state index >= 15 is 0 Å². The monoisotopic (exact) mass is 245 g/mol. The topological polar surface area (TPSA) is 12.0 Å². The van der Waals surface area contributed by atoms with Gasteiger partial charge >= 0.3 is 0 Å². The molecule has 0 bridgehead atoms. The number of alkyl halides is 2. The maximum atomic E-state index is 13.2. The highest BCUT2D eigenvalue weighted by Crippen LogP contribution is 2.36. The number of halogens is 2. The first-order valence-electron chi connectivity index (χ1n) is 7.15. The number of hydrogen-bond acceptors (Lipinski definition) is 1. The molecule has 0 aromatic heterocycles. The summed E-state index contributed by atoms with van der Waals surface area (Å²) in [5.74, 6) is -0.615. The van der Waals surface area contributed by atoms with Gasteiger partial charge in [0.2, 0.25) is 5.92 Å². The standard InChI is InChI=1S/C14H25F2N/c1-11-4-2-6-13(11)10-17-9-12-5-3-7-14(15,16)8-12/h11-13,17H,2-10H2,1H3. The van der Waals surface area contributed by atoms with Gasteiger partial charge in [0.1, 0.15) is 0 Å². The molecule has 0 aromatic carbocycles. The molecule has 0 spiro atoms. The Hall–Kier alpha value is -0.180. The van der Waals surface area contributed by atoms with Gasteiger partial charge in [-0.1, -0.05) is 19.8 Å². The summed E-state index contributed by atoms with van der Waals surface area (Å²) in [6, 6.07) is 0. The minimum absolute atomic E-state index is 0.0974. The Balaban J connectivity index is 1.64. The highest BCUT2D eigenvalue weighted by atomic mass is 19.3. The van der Waals surface area contributed by atoms with Gasteiger partial charge in [0, 0.05) is 12.8 Å². The maximum Gasteiger partial charge on any atom is 0.248 e. The Kier molecular flexibility index (Phi) is 4.40. The number of rotatable bonds is 4. The molecule has 2 aliphatic rings. The van der Waals surface area contributed by atoms with Gasteiger partial charge in [0.05, 0.1) is 0 Å². The second kappa shape index (κ2) is 5.64. The number of nitrogens with one attached hydrogen (secondary N) is 1. The molecule has 0 saturated heterocycles. The van der Waals surface area contributed by atoms with Crippen LogP contribution in [-0.4, -0.2) is 19.0 Å². The van der Waals surface area contributed by atoms with Crippen LogP contribution in [0, 0.1) is 17.8 Å². The van der Waals surface area contributed by atoms with Crippen LogP contribution in [-0.2, 0) is 0 Å². The van der Waals surface area contributed by atoms with Crippen molar-refractivity contribution < 1.29 is 8.78 Å². The molecule has 100 valence electrons. The minimum Gasteiger partial charge on any atom is -0.316 e. The van der Waals surface area contributed by atoms with Crippen molar-refractivity contribution in [3.05, 3.63) is 0 Å². The lowest BCUT2D eigenvalue weighted by molar-refractivity contribution is -0.0520. The predicted molar refractivity (Wildman–Crippen MR) is 66.3 cm³/mol. The normalized spacial score (nSPS) is 37.2. The first-order chi connectivity index (χ1) is 8.07. The molecule has 1 N–H and O–H groups in total. The predicted octanol–water partition coefficient (Wildman–Crippen LogP) is 3.84. The highest BCUT2D eigenvalue weighted by molar-refractivity contribution is 4.81. The van der Waals surface area contributed by atoms with E-state index in [-0.39, 0.29) is 18.8 Å². The lowest BCUT2D eigenvalue weighted by Gasteiger charge is -2.29. The third kappa shape index (κ3) is 3.90. The fourth-order valence-corrected chi connectivity index (χ4v) is 3.45. The Bertz CT molecular complexity index is 242. The summed E-state index contributed by atoms with van der Waals surface area (Å²) in [7, 11) is 0. The van der Waals surface area contributed by atoms with E-state index in [1.165, 1.54) is 19.3 Å². The van der Waals surface area contributed by atoms with Gasteiger partial charge in [-0.15, -0.1) is 0 Å². The van der Waals surface area contributed by atoms with Crippen LogP contribution in [0.4, 0.5) is 8.78 Å². The lowest BCUT2D eigenvalue weighted by atomic mass is 9.86. The van der Waals surface area contributed by atoms with Gasteiger partial charge in [-0.25, -0.2) is 8.78 Å². The van der Waals surface area contributed by atoms with E-state index < -0.39 is 5.92 Å². The second-order valence-electron chi connectivity index (χ2n) is 6.14. The van der Waals surface area contributed by atoms with Gasteiger partial charge in [-0.05, 0) is 50.1 Å². The van der Waals surface area contributed by atoms with Crippen molar-refractivity contribution in [2.75, 3.05) is 13.1 Å². The third-order valence-corrected chi connectivity index (χ3v) is 4.62. The Labute approximate surface area is 103 Å². The van der Waals surface area contributed by atoms with Gasteiger partial charge in [-0.3, -0.25) is 0 Å². The van der Waals surface area contributed by atoms with E-state index in [2.05, 4.69) is 12.2 Å². The van der Waals surface area contributed by atoms with Crippen LogP contribution in [0.3, 0.4) is 0 Å². The number of hydrogen-bond donors (Lipinski definition) is 1. The van der Waals surface area contributed by atoms with Gasteiger partial charge in [0.25, 0.3) is 0 Å². The molecular weight excluding hydrogens is 220 g/mol. The third-order valence-electron chi connectivity index (χ3n) is 4.62. The zero-order chi connectivity index (χ0) is 12.3. The summed E-state index contributed by atoms with van der Waals surface area (Å²) < 4.78 is 26.4. The van der Waals surface area contributed by atoms with Crippen LogP contribution in [0.5, 0.6) is 0 Å². The van der Waals surface area contributed by atoms with E-state index in [4.69, 9.17) is 0 Å². The summed E-state index contributed by atoms with van der Waals surface area (Å²) in [5.41, 5.74) is 0. The largest absolute Gasteiger partial charge is 0.316 e. The Morgan fingerprint density at radius 3 is 2.59 bits per heavy atom. The Morgan fingerprint density at radius 2 is 1.94 bits per heavy atom. The molecule has 2 fully saturated rings. The molecule has 17 heavy (non-hydrogen) atoms. The van der Waals surface area contributed by atoms with Crippen molar-refractivity contribution >= 4 is 0 Å². The van der Waals surface area contributed by atoms with Crippen LogP contribution in [0.15, 0.2) is 0 Å². The molecular formula is C14H25F2N. The first kappa shape index (κ1) is 13.3. The smallest absolute Gasteiger partial charge is 0.248 e. The van der Waals surface area contributed by atoms with Crippen molar-refractivity contribution in [1.29, 1.82) is 0 Å². The molecule has 2 saturated carbocycles. The average Bonchev–Trinajstić information content (AvgIpc) is 2.63. The van der Waals surface area contributed by atoms with Crippen LogP contribution in [0.25, 0.3) is 0 Å². The summed E-state index contributed by atoms with van der Waals surface area (Å²) in [6.45, 7) is 4.14. The van der Waals surface area contributed by atoms with E-state index in [1.54, 1.807) is 0 Å². The van der Waals surface area contributed by atoms with E-state index in [0.29, 0.717) is 6.42 Å². The summed E-state index contributed by atoms with van der Waals surface area (Å²) in [6.07, 6.45) is 5.86. The Morgan fingerprint density at radius 1 is 1.12 bits per heavy atom. The second-order valence-corrected chi connectivity index (χ2v) is 6.14. The van der Waals surface area contributed by atoms with E-state index in [9.17, 15) is 8.78 Å². The van der Waals surface area contributed by atoms with Crippen LogP contribution < -0.4 is 5.32 Å². The molecule has 0 heterocycles. The fraction of sp³-hybridized carbons (Fsp3) is 1.00. The summed E-state index contributed by atoms with van der Waals surface area (Å²) >= 11 is 0. The van der Waals surface area contributed by atoms with Gasteiger partial charge in [0.15, 0.2) is 0 Å². The maximum absolute atomic E-state index is 13.2. The molecule has 0 radical (unpaired) electrons. The quantitative estimate of drug-likeness (QED) is 0.793. The molecule has 1 nitrogen and oxygen atoms in total. The van der Waals surface area contributed by atoms with Crippen molar-refractivity contribution in [2.45, 2.75) is 57.8 Å². The van der Waals surface area contributed by atoms with Crippen molar-refractivity contribution in [1.82, 2.24) is 5.32 Å². The molecule has 0 aliphatic heterocycles. The summed E-state index contributed by atoms with van der Waals surface area (Å²) in [5, 5.41) is 3.43. The van der Waals surface area contributed by atoms with Crippen molar-refractivity contribution in [3.63, 3.8) is 0 Å². The zero-order valence-electron chi connectivity index (χ0n) is 10.9. The molecule has 3 heteroatoms. The van der Waals surface area contributed by atoms with Crippen LogP contribution in [0.2, 0.25) is 0 Å². The average molecular weight is 245 g/mol. The lowest BCUT2D eigenvalue weighted by Crippen LogP contribution is -2.34. The van der Waals surface area contributed by atoms with Crippen LogP contribution >= 0.6 is 0 Å². The SMILES string of the molecule is CC1CCCC1CNCC1CCCC(F)(F)C1. The molecule has 0 aromatic rings. The molecule has 0 amide bonds. The highest BCUT2D eigenvalue weighted by Gasteiger charge is 2.36. The van der Waals surface area contributed by atoms with Crippen molar-refractivity contribution in [2.24, 2.45) is 17.8 Å². The van der Waals surface area contributed by atoms with Crippen molar-refractivity contribution in [3.8, 4) is 0 Å². The first-order valence-corrected chi connectivity index (χ1v) is 7.15. The van der Waals surface area contributed by atoms with E-state index in [0.717, 1.165) is 31.3 Å². The minimum atomic E-state index is -2.40. The van der Waals surface area contributed by atoms with Gasteiger partial charge in [-0.2, -0.15) is 0 Å². The zero-order valence-corrected chi connectivity index (χ0v) is 10.9. The van der Waals surface area contributed by atoms with E-state index in [1.807, 2.05) is 0 Å². The molecule has 2 aliphatic carbocycles. The van der Waals surface area contributed by atoms with Gasteiger partial charge < -0.3 is 5.32 Å². The molecule has 2 rings (SSSR count). The fourth-order valence-electron chi connectivity index (χ4n) is 3.45. The summed E-state index contributed by atoms with van der Waals surface area (Å²) in [4.78, 5) is 0.